The summed E-state index contributed by atoms with van der Waals surface area (Å²) in [6, 6.07) is 0.0417. The van der Waals surface area contributed by atoms with Crippen molar-refractivity contribution in [2.45, 2.75) is 46.6 Å². The third kappa shape index (κ3) is 2.55. The van der Waals surface area contributed by atoms with E-state index in [1.807, 2.05) is 6.20 Å². The van der Waals surface area contributed by atoms with Crippen molar-refractivity contribution in [1.82, 2.24) is 4.98 Å². The Kier molecular flexibility index (Phi) is 3.32. The molecule has 0 bridgehead atoms. The van der Waals surface area contributed by atoms with Crippen molar-refractivity contribution >= 4 is 11.3 Å². The molecule has 0 radical (unpaired) electrons. The van der Waals surface area contributed by atoms with Gasteiger partial charge in [0.1, 0.15) is 5.01 Å². The molecule has 0 spiro atoms. The monoisotopic (exact) mass is 212 g/mol. The molecular formula is C11H20N2S. The van der Waals surface area contributed by atoms with Gasteiger partial charge in [-0.15, -0.1) is 11.3 Å². The number of hydrogen-bond acceptors (Lipinski definition) is 3. The van der Waals surface area contributed by atoms with Crippen molar-refractivity contribution in [3.63, 3.8) is 0 Å². The largest absolute Gasteiger partial charge is 0.322 e. The highest BCUT2D eigenvalue weighted by Gasteiger charge is 2.25. The molecule has 0 aromatic carbocycles. The van der Waals surface area contributed by atoms with Crippen LogP contribution in [0.4, 0.5) is 0 Å². The van der Waals surface area contributed by atoms with E-state index in [2.05, 4.69) is 39.6 Å². The Hall–Kier alpha value is -0.410. The molecule has 0 aliphatic carbocycles. The van der Waals surface area contributed by atoms with E-state index in [-0.39, 0.29) is 11.5 Å². The van der Waals surface area contributed by atoms with Crippen LogP contribution >= 0.6 is 11.3 Å². The Bertz CT molecular complexity index is 296. The first-order chi connectivity index (χ1) is 6.32. The molecule has 3 heteroatoms. The van der Waals surface area contributed by atoms with Crippen LogP contribution in [-0.4, -0.2) is 4.98 Å². The van der Waals surface area contributed by atoms with Gasteiger partial charge < -0.3 is 5.73 Å². The lowest BCUT2D eigenvalue weighted by Gasteiger charge is -2.24. The fourth-order valence-electron chi connectivity index (χ4n) is 1.08. The lowest BCUT2D eigenvalue weighted by molar-refractivity contribution is 0.326. The van der Waals surface area contributed by atoms with Crippen molar-refractivity contribution in [2.75, 3.05) is 0 Å². The molecule has 2 nitrogen and oxygen atoms in total. The highest BCUT2D eigenvalue weighted by molar-refractivity contribution is 7.11. The van der Waals surface area contributed by atoms with Gasteiger partial charge in [0, 0.05) is 11.1 Å². The van der Waals surface area contributed by atoms with Crippen LogP contribution < -0.4 is 5.73 Å². The zero-order valence-electron chi connectivity index (χ0n) is 9.66. The summed E-state index contributed by atoms with van der Waals surface area (Å²) in [5.41, 5.74) is 6.22. The number of nitrogens with zero attached hydrogens (tertiary/aromatic N) is 1. The lowest BCUT2D eigenvalue weighted by Crippen LogP contribution is -2.25. The van der Waals surface area contributed by atoms with E-state index in [1.165, 1.54) is 4.88 Å². The van der Waals surface area contributed by atoms with Crippen molar-refractivity contribution in [3.8, 4) is 0 Å². The Morgan fingerprint density at radius 1 is 1.36 bits per heavy atom. The van der Waals surface area contributed by atoms with E-state index >= 15 is 0 Å². The lowest BCUT2D eigenvalue weighted by atomic mass is 9.88. The first-order valence-corrected chi connectivity index (χ1v) is 5.85. The van der Waals surface area contributed by atoms with Gasteiger partial charge in [-0.2, -0.15) is 0 Å². The summed E-state index contributed by atoms with van der Waals surface area (Å²) in [6.07, 6.45) is 1.95. The molecule has 1 unspecified atom stereocenters. The summed E-state index contributed by atoms with van der Waals surface area (Å²) < 4.78 is 0. The molecule has 14 heavy (non-hydrogen) atoms. The van der Waals surface area contributed by atoms with Gasteiger partial charge in [0.15, 0.2) is 0 Å². The number of hydrogen-bond donors (Lipinski definition) is 1. The first kappa shape index (κ1) is 11.7. The average molecular weight is 212 g/mol. The van der Waals surface area contributed by atoms with Gasteiger partial charge in [-0.05, 0) is 11.3 Å². The highest BCUT2D eigenvalue weighted by Crippen LogP contribution is 2.34. The van der Waals surface area contributed by atoms with Crippen LogP contribution in [-0.2, 0) is 0 Å². The molecule has 0 saturated carbocycles. The molecule has 0 saturated heterocycles. The van der Waals surface area contributed by atoms with E-state index in [0.717, 1.165) is 5.01 Å². The SMILES string of the molecule is CC(C)c1cnc(C(N)C(C)(C)C)s1. The number of aromatic nitrogens is 1. The summed E-state index contributed by atoms with van der Waals surface area (Å²) in [4.78, 5) is 5.72. The second kappa shape index (κ2) is 3.99. The molecule has 80 valence electrons. The Morgan fingerprint density at radius 2 is 1.93 bits per heavy atom. The van der Waals surface area contributed by atoms with Crippen molar-refractivity contribution < 1.29 is 0 Å². The molecule has 0 fully saturated rings. The summed E-state index contributed by atoms with van der Waals surface area (Å²) in [5.74, 6) is 0.549. The van der Waals surface area contributed by atoms with Crippen LogP contribution in [0.2, 0.25) is 0 Å². The molecule has 1 rings (SSSR count). The molecule has 1 atom stereocenters. The minimum absolute atomic E-state index is 0.0417. The summed E-state index contributed by atoms with van der Waals surface area (Å²) >= 11 is 1.74. The zero-order chi connectivity index (χ0) is 10.9. The van der Waals surface area contributed by atoms with Gasteiger partial charge in [0.25, 0.3) is 0 Å². The maximum atomic E-state index is 6.13. The Balaban J connectivity index is 2.87. The van der Waals surface area contributed by atoms with E-state index in [0.29, 0.717) is 5.92 Å². The van der Waals surface area contributed by atoms with E-state index in [9.17, 15) is 0 Å². The molecule has 2 N–H and O–H groups in total. The fraction of sp³-hybridized carbons (Fsp3) is 0.727. The van der Waals surface area contributed by atoms with Crippen LogP contribution in [0.3, 0.4) is 0 Å². The van der Waals surface area contributed by atoms with Gasteiger partial charge in [-0.25, -0.2) is 4.98 Å². The summed E-state index contributed by atoms with van der Waals surface area (Å²) in [7, 11) is 0. The van der Waals surface area contributed by atoms with E-state index in [1.54, 1.807) is 11.3 Å². The molecule has 0 amide bonds. The van der Waals surface area contributed by atoms with Crippen LogP contribution in [0.5, 0.6) is 0 Å². The van der Waals surface area contributed by atoms with Crippen molar-refractivity contribution in [2.24, 2.45) is 11.1 Å². The Labute approximate surface area is 90.6 Å². The maximum Gasteiger partial charge on any atom is 0.110 e. The van der Waals surface area contributed by atoms with E-state index in [4.69, 9.17) is 5.73 Å². The van der Waals surface area contributed by atoms with Gasteiger partial charge in [0.05, 0.1) is 6.04 Å². The smallest absolute Gasteiger partial charge is 0.110 e. The second-order valence-electron chi connectivity index (χ2n) is 5.10. The quantitative estimate of drug-likeness (QED) is 0.817. The number of thiazole rings is 1. The minimum atomic E-state index is 0.0417. The second-order valence-corrected chi connectivity index (χ2v) is 6.19. The first-order valence-electron chi connectivity index (χ1n) is 5.03. The maximum absolute atomic E-state index is 6.13. The molecular weight excluding hydrogens is 192 g/mol. The van der Waals surface area contributed by atoms with Crippen LogP contribution in [0.25, 0.3) is 0 Å². The fourth-order valence-corrected chi connectivity index (χ4v) is 2.25. The standard InChI is InChI=1S/C11H20N2S/c1-7(2)8-6-13-10(14-8)9(12)11(3,4)5/h6-7,9H,12H2,1-5H3. The summed E-state index contributed by atoms with van der Waals surface area (Å²) in [6.45, 7) is 10.8. The van der Waals surface area contributed by atoms with E-state index < -0.39 is 0 Å². The number of rotatable bonds is 2. The minimum Gasteiger partial charge on any atom is -0.322 e. The molecule has 1 heterocycles. The summed E-state index contributed by atoms with van der Waals surface area (Å²) in [5, 5.41) is 1.06. The average Bonchev–Trinajstić information content (AvgIpc) is 2.48. The topological polar surface area (TPSA) is 38.9 Å². The highest BCUT2D eigenvalue weighted by atomic mass is 32.1. The van der Waals surface area contributed by atoms with Crippen molar-refractivity contribution in [3.05, 3.63) is 16.1 Å². The molecule has 1 aromatic heterocycles. The third-order valence-electron chi connectivity index (χ3n) is 2.31. The van der Waals surface area contributed by atoms with Gasteiger partial charge in [-0.3, -0.25) is 0 Å². The molecule has 1 aromatic rings. The van der Waals surface area contributed by atoms with Gasteiger partial charge >= 0.3 is 0 Å². The van der Waals surface area contributed by atoms with Gasteiger partial charge in [-0.1, -0.05) is 34.6 Å². The van der Waals surface area contributed by atoms with Crippen LogP contribution in [0.15, 0.2) is 6.20 Å². The van der Waals surface area contributed by atoms with Crippen LogP contribution in [0.1, 0.15) is 56.5 Å². The number of nitrogens with two attached hydrogens (primary N) is 1. The Morgan fingerprint density at radius 3 is 2.29 bits per heavy atom. The zero-order valence-corrected chi connectivity index (χ0v) is 10.5. The third-order valence-corrected chi connectivity index (χ3v) is 3.69. The van der Waals surface area contributed by atoms with Crippen LogP contribution in [0, 0.1) is 5.41 Å². The molecule has 0 aliphatic rings. The normalized spacial score (nSPS) is 14.8. The predicted octanol–water partition coefficient (Wildman–Crippen LogP) is 3.31. The predicted molar refractivity (Wildman–Crippen MR) is 62.6 cm³/mol. The molecule has 0 aliphatic heterocycles. The van der Waals surface area contributed by atoms with Crippen molar-refractivity contribution in [1.29, 1.82) is 0 Å². The van der Waals surface area contributed by atoms with Gasteiger partial charge in [0.2, 0.25) is 0 Å².